The van der Waals surface area contributed by atoms with Crippen molar-refractivity contribution in [3.8, 4) is 11.4 Å². The van der Waals surface area contributed by atoms with Gasteiger partial charge in [0.1, 0.15) is 5.82 Å². The molecule has 3 aromatic heterocycles. The van der Waals surface area contributed by atoms with Gasteiger partial charge in [-0.05, 0) is 37.3 Å². The highest BCUT2D eigenvalue weighted by Gasteiger charge is 2.14. The van der Waals surface area contributed by atoms with Gasteiger partial charge < -0.3 is 20.4 Å². The number of aromatic amines is 1. The predicted molar refractivity (Wildman–Crippen MR) is 123 cm³/mol. The Morgan fingerprint density at radius 1 is 1.21 bits per heavy atom. The molecule has 3 heterocycles. The minimum Gasteiger partial charge on any atom is -0.383 e. The van der Waals surface area contributed by atoms with Crippen molar-refractivity contribution in [1.82, 2.24) is 35.3 Å². The van der Waals surface area contributed by atoms with Crippen molar-refractivity contribution in [3.05, 3.63) is 78.1 Å². The number of aromatic nitrogens is 6. The second-order valence-electron chi connectivity index (χ2n) is 7.52. The maximum absolute atomic E-state index is 12.8. The van der Waals surface area contributed by atoms with Gasteiger partial charge in [-0.2, -0.15) is 5.10 Å². The number of carbonyl (C=O) groups is 1. The zero-order valence-corrected chi connectivity index (χ0v) is 18.5. The summed E-state index contributed by atoms with van der Waals surface area (Å²) in [5.74, 6) is 1.22. The van der Waals surface area contributed by atoms with Crippen LogP contribution < -0.4 is 10.6 Å². The molecule has 1 amide bonds. The van der Waals surface area contributed by atoms with Crippen LogP contribution in [0.4, 0.5) is 5.69 Å². The number of amides is 1. The van der Waals surface area contributed by atoms with Crippen molar-refractivity contribution in [2.45, 2.75) is 26.1 Å². The number of nitrogens with zero attached hydrogens (tertiary/aromatic N) is 5. The third kappa shape index (κ3) is 5.80. The molecule has 1 unspecified atom stereocenters. The summed E-state index contributed by atoms with van der Waals surface area (Å²) < 4.78 is 6.87. The first-order valence-electron chi connectivity index (χ1n) is 10.6. The minimum atomic E-state index is -0.175. The molecular formula is C23H26N8O2. The van der Waals surface area contributed by atoms with E-state index in [1.165, 1.54) is 0 Å². The quantitative estimate of drug-likeness (QED) is 0.342. The Morgan fingerprint density at radius 2 is 2.06 bits per heavy atom. The van der Waals surface area contributed by atoms with Crippen LogP contribution in [0.5, 0.6) is 0 Å². The van der Waals surface area contributed by atoms with E-state index < -0.39 is 0 Å². The second kappa shape index (κ2) is 10.5. The first-order chi connectivity index (χ1) is 16.1. The fourth-order valence-electron chi connectivity index (χ4n) is 3.25. The monoisotopic (exact) mass is 446 g/mol. The summed E-state index contributed by atoms with van der Waals surface area (Å²) >= 11 is 0. The van der Waals surface area contributed by atoms with Crippen molar-refractivity contribution in [2.24, 2.45) is 0 Å². The molecule has 0 saturated heterocycles. The Kier molecular flexibility index (Phi) is 7.06. The molecule has 0 bridgehead atoms. The lowest BCUT2D eigenvalue weighted by atomic mass is 10.1. The molecule has 170 valence electrons. The molecule has 0 radical (unpaired) electrons. The molecule has 4 aromatic rings. The zero-order chi connectivity index (χ0) is 23.0. The smallest absolute Gasteiger partial charge is 0.251 e. The molecule has 0 fully saturated rings. The summed E-state index contributed by atoms with van der Waals surface area (Å²) in [4.78, 5) is 20.0. The summed E-state index contributed by atoms with van der Waals surface area (Å²) in [6, 6.07) is 10.9. The van der Waals surface area contributed by atoms with E-state index in [2.05, 4.69) is 35.9 Å². The number of hydrogen-bond acceptors (Lipinski definition) is 7. The van der Waals surface area contributed by atoms with Gasteiger partial charge in [0.25, 0.3) is 5.91 Å². The van der Waals surface area contributed by atoms with Crippen LogP contribution in [0, 0.1) is 0 Å². The van der Waals surface area contributed by atoms with Crippen LogP contribution in [0.25, 0.3) is 11.4 Å². The molecule has 0 aliphatic heterocycles. The number of H-pyrrole nitrogens is 1. The van der Waals surface area contributed by atoms with Gasteiger partial charge in [0.15, 0.2) is 5.82 Å². The molecule has 0 aliphatic carbocycles. The number of anilines is 1. The van der Waals surface area contributed by atoms with Crippen molar-refractivity contribution in [1.29, 1.82) is 0 Å². The van der Waals surface area contributed by atoms with E-state index in [0.29, 0.717) is 36.9 Å². The first-order valence-corrected chi connectivity index (χ1v) is 10.6. The van der Waals surface area contributed by atoms with Gasteiger partial charge >= 0.3 is 0 Å². The number of methoxy groups -OCH3 is 1. The summed E-state index contributed by atoms with van der Waals surface area (Å²) in [6.45, 7) is 3.63. The van der Waals surface area contributed by atoms with E-state index in [1.807, 2.05) is 43.5 Å². The molecular weight excluding hydrogens is 420 g/mol. The molecule has 0 spiro atoms. The van der Waals surface area contributed by atoms with Crippen molar-refractivity contribution in [2.75, 3.05) is 19.0 Å². The summed E-state index contributed by atoms with van der Waals surface area (Å²) in [6.07, 6.45) is 7.09. The van der Waals surface area contributed by atoms with Gasteiger partial charge in [0.05, 0.1) is 31.9 Å². The third-order valence-corrected chi connectivity index (χ3v) is 5.10. The van der Waals surface area contributed by atoms with Crippen LogP contribution in [-0.4, -0.2) is 49.6 Å². The molecule has 33 heavy (non-hydrogen) atoms. The Balaban J connectivity index is 1.34. The van der Waals surface area contributed by atoms with E-state index in [9.17, 15) is 4.79 Å². The van der Waals surface area contributed by atoms with Crippen LogP contribution in [-0.2, 0) is 17.8 Å². The van der Waals surface area contributed by atoms with Gasteiger partial charge in [-0.15, -0.1) is 10.2 Å². The molecule has 3 N–H and O–H groups in total. The Hall–Kier alpha value is -4.05. The highest BCUT2D eigenvalue weighted by atomic mass is 16.5. The largest absolute Gasteiger partial charge is 0.383 e. The number of pyridine rings is 1. The van der Waals surface area contributed by atoms with E-state index >= 15 is 0 Å². The van der Waals surface area contributed by atoms with Crippen LogP contribution in [0.2, 0.25) is 0 Å². The number of hydrogen-bond donors (Lipinski definition) is 3. The van der Waals surface area contributed by atoms with E-state index in [4.69, 9.17) is 4.74 Å². The van der Waals surface area contributed by atoms with E-state index in [-0.39, 0.29) is 11.9 Å². The molecule has 1 atom stereocenters. The SMILES string of the molecule is COCCn1cc(C(C)NC(=O)c2cccc(NCc3nnc(-c4ccncc4)[nH]3)c2)cn1. The lowest BCUT2D eigenvalue weighted by Crippen LogP contribution is -2.26. The molecule has 0 saturated carbocycles. The highest BCUT2D eigenvalue weighted by Crippen LogP contribution is 2.16. The van der Waals surface area contributed by atoms with Crippen molar-refractivity contribution in [3.63, 3.8) is 0 Å². The average molecular weight is 447 g/mol. The first kappa shape index (κ1) is 22.2. The zero-order valence-electron chi connectivity index (χ0n) is 18.5. The maximum atomic E-state index is 12.8. The Morgan fingerprint density at radius 3 is 2.88 bits per heavy atom. The molecule has 4 rings (SSSR count). The second-order valence-corrected chi connectivity index (χ2v) is 7.52. The number of benzene rings is 1. The van der Waals surface area contributed by atoms with Gasteiger partial charge in [-0.25, -0.2) is 0 Å². The normalized spacial score (nSPS) is 11.8. The van der Waals surface area contributed by atoms with Crippen molar-refractivity contribution >= 4 is 11.6 Å². The lowest BCUT2D eigenvalue weighted by molar-refractivity contribution is 0.0940. The number of ether oxygens (including phenoxy) is 1. The lowest BCUT2D eigenvalue weighted by Gasteiger charge is -2.13. The molecule has 1 aromatic carbocycles. The van der Waals surface area contributed by atoms with Crippen LogP contribution in [0.1, 0.15) is 34.7 Å². The van der Waals surface area contributed by atoms with Gasteiger partial charge in [0.2, 0.25) is 0 Å². The third-order valence-electron chi connectivity index (χ3n) is 5.10. The Labute approximate surface area is 191 Å². The summed E-state index contributed by atoms with van der Waals surface area (Å²) in [7, 11) is 1.65. The number of rotatable bonds is 10. The fraction of sp³-hybridized carbons (Fsp3) is 0.261. The van der Waals surface area contributed by atoms with Gasteiger partial charge in [-0.1, -0.05) is 6.07 Å². The van der Waals surface area contributed by atoms with Gasteiger partial charge in [0, 0.05) is 48.1 Å². The topological polar surface area (TPSA) is 123 Å². The number of nitrogens with one attached hydrogen (secondary N) is 3. The van der Waals surface area contributed by atoms with Gasteiger partial charge in [-0.3, -0.25) is 14.5 Å². The molecule has 0 aliphatic rings. The summed E-state index contributed by atoms with van der Waals surface area (Å²) in [5.41, 5.74) is 3.23. The van der Waals surface area contributed by atoms with Crippen molar-refractivity contribution < 1.29 is 9.53 Å². The van der Waals surface area contributed by atoms with E-state index in [0.717, 1.165) is 16.8 Å². The molecule has 10 heteroatoms. The predicted octanol–water partition coefficient (Wildman–Crippen LogP) is 2.81. The van der Waals surface area contributed by atoms with Crippen LogP contribution in [0.3, 0.4) is 0 Å². The number of carbonyl (C=O) groups excluding carboxylic acids is 1. The van der Waals surface area contributed by atoms with E-state index in [1.54, 1.807) is 36.4 Å². The maximum Gasteiger partial charge on any atom is 0.251 e. The van der Waals surface area contributed by atoms with Crippen LogP contribution in [0.15, 0.2) is 61.2 Å². The standard InChI is InChI=1S/C23H26N8O2/c1-16(19-13-26-31(15-19)10-11-33-2)27-23(32)18-4-3-5-20(12-18)25-14-21-28-22(30-29-21)17-6-8-24-9-7-17/h3-9,12-13,15-16,25H,10-11,14H2,1-2H3,(H,27,32)(H,28,29,30). The highest BCUT2D eigenvalue weighted by molar-refractivity contribution is 5.95. The fourth-order valence-corrected chi connectivity index (χ4v) is 3.25. The average Bonchev–Trinajstić information content (AvgIpc) is 3.52. The molecule has 10 nitrogen and oxygen atoms in total. The van der Waals surface area contributed by atoms with Crippen LogP contribution >= 0.6 is 0 Å². The minimum absolute atomic E-state index is 0.157. The Bertz CT molecular complexity index is 1190. The summed E-state index contributed by atoms with van der Waals surface area (Å²) in [5, 5.41) is 18.9.